The summed E-state index contributed by atoms with van der Waals surface area (Å²) in [4.78, 5) is 4.23. The molecule has 0 bridgehead atoms. The molecule has 2 N–H and O–H groups in total. The lowest BCUT2D eigenvalue weighted by Crippen LogP contribution is -2.33. The minimum atomic E-state index is -0.156. The maximum absolute atomic E-state index is 5.64. The first-order valence-corrected chi connectivity index (χ1v) is 6.15. The summed E-state index contributed by atoms with van der Waals surface area (Å²) in [6.07, 6.45) is 1.80. The van der Waals surface area contributed by atoms with Crippen molar-refractivity contribution in [3.05, 3.63) is 18.3 Å². The summed E-state index contributed by atoms with van der Waals surface area (Å²) in [5.74, 6) is 0.895. The first kappa shape index (κ1) is 13.8. The standard InChI is InChI=1S/C13H23N3O/c1-5-14-12-9-11(7-8-15-12)16-10-13(3,4)17-6-2/h7-9H,5-6,10H2,1-4H3,(H2,14,15,16). The molecular weight excluding hydrogens is 214 g/mol. The number of rotatable bonds is 7. The highest BCUT2D eigenvalue weighted by Gasteiger charge is 2.16. The second-order valence-electron chi connectivity index (χ2n) is 4.51. The molecule has 1 rings (SSSR count). The Morgan fingerprint density at radius 2 is 2.06 bits per heavy atom. The highest BCUT2D eigenvalue weighted by molar-refractivity contribution is 5.51. The Morgan fingerprint density at radius 3 is 2.71 bits per heavy atom. The van der Waals surface area contributed by atoms with Gasteiger partial charge in [0, 0.05) is 37.6 Å². The summed E-state index contributed by atoms with van der Waals surface area (Å²) < 4.78 is 5.64. The van der Waals surface area contributed by atoms with Crippen molar-refractivity contribution in [2.45, 2.75) is 33.3 Å². The number of hydrogen-bond acceptors (Lipinski definition) is 4. The van der Waals surface area contributed by atoms with Gasteiger partial charge in [-0.3, -0.25) is 0 Å². The van der Waals surface area contributed by atoms with Crippen LogP contribution in [0.15, 0.2) is 18.3 Å². The fourth-order valence-electron chi connectivity index (χ4n) is 1.57. The molecule has 1 aromatic rings. The van der Waals surface area contributed by atoms with E-state index in [1.165, 1.54) is 0 Å². The van der Waals surface area contributed by atoms with Gasteiger partial charge in [0.2, 0.25) is 0 Å². The summed E-state index contributed by atoms with van der Waals surface area (Å²) in [5, 5.41) is 6.55. The molecule has 0 spiro atoms. The molecule has 0 saturated carbocycles. The van der Waals surface area contributed by atoms with Crippen LogP contribution in [0.1, 0.15) is 27.7 Å². The van der Waals surface area contributed by atoms with Crippen molar-refractivity contribution in [3.8, 4) is 0 Å². The van der Waals surface area contributed by atoms with Crippen LogP contribution in [0.3, 0.4) is 0 Å². The van der Waals surface area contributed by atoms with Gasteiger partial charge in [0.1, 0.15) is 5.82 Å². The van der Waals surface area contributed by atoms with Crippen LogP contribution in [-0.4, -0.2) is 30.3 Å². The largest absolute Gasteiger partial charge is 0.382 e. The van der Waals surface area contributed by atoms with Gasteiger partial charge in [-0.1, -0.05) is 0 Å². The zero-order valence-electron chi connectivity index (χ0n) is 11.2. The highest BCUT2D eigenvalue weighted by atomic mass is 16.5. The maximum Gasteiger partial charge on any atom is 0.127 e. The Morgan fingerprint density at radius 1 is 1.29 bits per heavy atom. The SMILES string of the molecule is CCNc1cc(NCC(C)(C)OCC)ccn1. The van der Waals surface area contributed by atoms with Crippen LogP contribution < -0.4 is 10.6 Å². The molecule has 0 aliphatic carbocycles. The van der Waals surface area contributed by atoms with E-state index in [4.69, 9.17) is 4.74 Å². The van der Waals surface area contributed by atoms with Gasteiger partial charge in [-0.15, -0.1) is 0 Å². The predicted molar refractivity (Wildman–Crippen MR) is 72.6 cm³/mol. The molecular formula is C13H23N3O. The van der Waals surface area contributed by atoms with E-state index in [-0.39, 0.29) is 5.60 Å². The molecule has 0 aliphatic heterocycles. The first-order chi connectivity index (χ1) is 8.07. The Labute approximate surface area is 104 Å². The monoisotopic (exact) mass is 237 g/mol. The molecule has 0 atom stereocenters. The van der Waals surface area contributed by atoms with Gasteiger partial charge >= 0.3 is 0 Å². The molecule has 96 valence electrons. The zero-order chi connectivity index (χ0) is 12.7. The molecule has 0 saturated heterocycles. The summed E-state index contributed by atoms with van der Waals surface area (Å²) in [6, 6.07) is 3.97. The molecule has 0 aromatic carbocycles. The zero-order valence-corrected chi connectivity index (χ0v) is 11.2. The minimum Gasteiger partial charge on any atom is -0.382 e. The van der Waals surface area contributed by atoms with Gasteiger partial charge in [0.25, 0.3) is 0 Å². The molecule has 1 heterocycles. The molecule has 0 aliphatic rings. The van der Waals surface area contributed by atoms with Gasteiger partial charge in [-0.2, -0.15) is 0 Å². The molecule has 0 radical (unpaired) electrons. The van der Waals surface area contributed by atoms with Crippen molar-refractivity contribution in [3.63, 3.8) is 0 Å². The van der Waals surface area contributed by atoms with Crippen LogP contribution in [0.5, 0.6) is 0 Å². The number of nitrogens with one attached hydrogen (secondary N) is 2. The smallest absolute Gasteiger partial charge is 0.127 e. The van der Waals surface area contributed by atoms with Gasteiger partial charge in [0.15, 0.2) is 0 Å². The van der Waals surface area contributed by atoms with Crippen molar-refractivity contribution in [2.75, 3.05) is 30.3 Å². The summed E-state index contributed by atoms with van der Waals surface area (Å²) >= 11 is 0. The minimum absolute atomic E-state index is 0.156. The summed E-state index contributed by atoms with van der Waals surface area (Å²) in [7, 11) is 0. The van der Waals surface area contributed by atoms with Crippen LogP contribution in [-0.2, 0) is 4.74 Å². The Balaban J connectivity index is 2.53. The van der Waals surface area contributed by atoms with Crippen molar-refractivity contribution < 1.29 is 4.74 Å². The molecule has 0 amide bonds. The van der Waals surface area contributed by atoms with E-state index in [9.17, 15) is 0 Å². The number of nitrogens with zero attached hydrogens (tertiary/aromatic N) is 1. The Bertz CT molecular complexity index is 339. The number of anilines is 2. The number of aromatic nitrogens is 1. The molecule has 4 heteroatoms. The van der Waals surface area contributed by atoms with Gasteiger partial charge in [-0.05, 0) is 33.8 Å². The lowest BCUT2D eigenvalue weighted by atomic mass is 10.1. The van der Waals surface area contributed by atoms with Crippen LogP contribution >= 0.6 is 0 Å². The van der Waals surface area contributed by atoms with Crippen molar-refractivity contribution >= 4 is 11.5 Å². The topological polar surface area (TPSA) is 46.2 Å². The predicted octanol–water partition coefficient (Wildman–Crippen LogP) is 2.74. The third-order valence-corrected chi connectivity index (χ3v) is 2.37. The normalized spacial score (nSPS) is 11.3. The van der Waals surface area contributed by atoms with Gasteiger partial charge in [0.05, 0.1) is 5.60 Å². The van der Waals surface area contributed by atoms with Crippen molar-refractivity contribution in [2.24, 2.45) is 0 Å². The van der Waals surface area contributed by atoms with E-state index in [2.05, 4.69) is 36.4 Å². The van der Waals surface area contributed by atoms with E-state index in [1.54, 1.807) is 6.20 Å². The van der Waals surface area contributed by atoms with Crippen LogP contribution in [0, 0.1) is 0 Å². The van der Waals surface area contributed by atoms with E-state index in [0.717, 1.165) is 31.2 Å². The van der Waals surface area contributed by atoms with E-state index in [1.807, 2.05) is 19.1 Å². The van der Waals surface area contributed by atoms with Crippen molar-refractivity contribution in [1.29, 1.82) is 0 Å². The fourth-order valence-corrected chi connectivity index (χ4v) is 1.57. The average molecular weight is 237 g/mol. The Kier molecular flexibility index (Phi) is 5.22. The highest BCUT2D eigenvalue weighted by Crippen LogP contribution is 2.15. The maximum atomic E-state index is 5.64. The number of hydrogen-bond donors (Lipinski definition) is 2. The van der Waals surface area contributed by atoms with Gasteiger partial charge in [-0.25, -0.2) is 4.98 Å². The molecule has 4 nitrogen and oxygen atoms in total. The van der Waals surface area contributed by atoms with E-state index < -0.39 is 0 Å². The lowest BCUT2D eigenvalue weighted by molar-refractivity contribution is 0.000698. The third kappa shape index (κ3) is 5.04. The van der Waals surface area contributed by atoms with E-state index in [0.29, 0.717) is 0 Å². The first-order valence-electron chi connectivity index (χ1n) is 6.15. The van der Waals surface area contributed by atoms with Crippen LogP contribution in [0.2, 0.25) is 0 Å². The van der Waals surface area contributed by atoms with Crippen LogP contribution in [0.25, 0.3) is 0 Å². The van der Waals surface area contributed by atoms with Crippen molar-refractivity contribution in [1.82, 2.24) is 4.98 Å². The quantitative estimate of drug-likeness (QED) is 0.765. The molecule has 0 unspecified atom stereocenters. The molecule has 0 fully saturated rings. The molecule has 1 aromatic heterocycles. The number of pyridine rings is 1. The second kappa shape index (κ2) is 6.45. The summed E-state index contributed by atoms with van der Waals surface area (Å²) in [6.45, 7) is 10.6. The van der Waals surface area contributed by atoms with E-state index >= 15 is 0 Å². The van der Waals surface area contributed by atoms with Gasteiger partial charge < -0.3 is 15.4 Å². The fraction of sp³-hybridized carbons (Fsp3) is 0.615. The van der Waals surface area contributed by atoms with Crippen LogP contribution in [0.4, 0.5) is 11.5 Å². The lowest BCUT2D eigenvalue weighted by Gasteiger charge is -2.25. The third-order valence-electron chi connectivity index (χ3n) is 2.37. The molecule has 17 heavy (non-hydrogen) atoms. The Hall–Kier alpha value is -1.29. The summed E-state index contributed by atoms with van der Waals surface area (Å²) in [5.41, 5.74) is 0.903. The second-order valence-corrected chi connectivity index (χ2v) is 4.51. The number of ether oxygens (including phenoxy) is 1. The average Bonchev–Trinajstić information content (AvgIpc) is 2.28.